The number of nitrogens with zero attached hydrogens (tertiary/aromatic N) is 4. The van der Waals surface area contributed by atoms with Gasteiger partial charge in [-0.1, -0.05) is 17.8 Å². The number of imidazole rings is 1. The first-order valence-corrected chi connectivity index (χ1v) is 8.69. The topological polar surface area (TPSA) is 81.9 Å². The van der Waals surface area contributed by atoms with Crippen LogP contribution in [0.3, 0.4) is 0 Å². The summed E-state index contributed by atoms with van der Waals surface area (Å²) in [6.45, 7) is 0.673. The molecule has 26 heavy (non-hydrogen) atoms. The van der Waals surface area contributed by atoms with E-state index in [9.17, 15) is 4.79 Å². The van der Waals surface area contributed by atoms with Gasteiger partial charge in [0.1, 0.15) is 5.03 Å². The Morgan fingerprint density at radius 1 is 1.31 bits per heavy atom. The van der Waals surface area contributed by atoms with E-state index in [0.717, 1.165) is 27.0 Å². The number of anilines is 2. The highest BCUT2D eigenvalue weighted by atomic mass is 32.2. The van der Waals surface area contributed by atoms with Crippen LogP contribution in [0.5, 0.6) is 0 Å². The van der Waals surface area contributed by atoms with Crippen LogP contribution in [-0.4, -0.2) is 32.6 Å². The number of hydrogen-bond donors (Lipinski definition) is 1. The van der Waals surface area contributed by atoms with Gasteiger partial charge in [-0.05, 0) is 23.8 Å². The SMILES string of the molecule is COC(=O)/C=C/c1cn(Cc2ccc3c(c2)Nc2nccnc2S3)cn1. The molecule has 1 aliphatic rings. The number of fused-ring (bicyclic) bond motifs is 2. The Morgan fingerprint density at radius 2 is 2.19 bits per heavy atom. The smallest absolute Gasteiger partial charge is 0.330 e. The molecule has 0 amide bonds. The molecule has 0 saturated heterocycles. The number of ether oxygens (including phenoxy) is 1. The Kier molecular flexibility index (Phi) is 4.40. The maximum atomic E-state index is 11.1. The van der Waals surface area contributed by atoms with Gasteiger partial charge in [-0.25, -0.2) is 19.7 Å². The van der Waals surface area contributed by atoms with Crippen LogP contribution in [0.1, 0.15) is 11.3 Å². The maximum Gasteiger partial charge on any atom is 0.330 e. The average Bonchev–Trinajstić information content (AvgIpc) is 3.11. The van der Waals surface area contributed by atoms with Crippen LogP contribution in [0, 0.1) is 0 Å². The molecule has 0 atom stereocenters. The molecule has 130 valence electrons. The van der Waals surface area contributed by atoms with Crippen molar-refractivity contribution in [2.24, 2.45) is 0 Å². The van der Waals surface area contributed by atoms with Crippen LogP contribution >= 0.6 is 11.8 Å². The van der Waals surface area contributed by atoms with Gasteiger partial charge in [0.2, 0.25) is 0 Å². The molecule has 0 aliphatic carbocycles. The fraction of sp³-hybridized carbons (Fsp3) is 0.111. The second kappa shape index (κ2) is 7.01. The normalized spacial score (nSPS) is 12.3. The lowest BCUT2D eigenvalue weighted by Crippen LogP contribution is -2.05. The lowest BCUT2D eigenvalue weighted by Gasteiger charge is -2.19. The number of rotatable bonds is 4. The lowest BCUT2D eigenvalue weighted by atomic mass is 10.2. The summed E-state index contributed by atoms with van der Waals surface area (Å²) < 4.78 is 6.53. The molecule has 0 spiro atoms. The Labute approximate surface area is 154 Å². The predicted octanol–water partition coefficient (Wildman–Crippen LogP) is 3.12. The first kappa shape index (κ1) is 16.3. The van der Waals surface area contributed by atoms with E-state index in [-0.39, 0.29) is 0 Å². The Balaban J connectivity index is 1.50. The van der Waals surface area contributed by atoms with E-state index in [2.05, 4.69) is 43.2 Å². The average molecular weight is 365 g/mol. The van der Waals surface area contributed by atoms with Gasteiger partial charge < -0.3 is 14.6 Å². The monoisotopic (exact) mass is 365 g/mol. The molecule has 8 heteroatoms. The van der Waals surface area contributed by atoms with Gasteiger partial charge in [0.05, 0.1) is 24.8 Å². The first-order chi connectivity index (χ1) is 12.7. The van der Waals surface area contributed by atoms with Crippen molar-refractivity contribution < 1.29 is 9.53 Å². The number of esters is 1. The van der Waals surface area contributed by atoms with Crippen molar-refractivity contribution >= 4 is 35.3 Å². The lowest BCUT2D eigenvalue weighted by molar-refractivity contribution is -0.134. The number of methoxy groups -OCH3 is 1. The minimum atomic E-state index is -0.402. The summed E-state index contributed by atoms with van der Waals surface area (Å²) in [6.07, 6.45) is 9.96. The molecule has 0 radical (unpaired) electrons. The van der Waals surface area contributed by atoms with Crippen molar-refractivity contribution in [3.05, 3.63) is 60.5 Å². The van der Waals surface area contributed by atoms with Crippen molar-refractivity contribution in [2.45, 2.75) is 16.5 Å². The van der Waals surface area contributed by atoms with Crippen molar-refractivity contribution in [2.75, 3.05) is 12.4 Å². The molecule has 3 aromatic rings. The van der Waals surface area contributed by atoms with Gasteiger partial charge in [-0.15, -0.1) is 0 Å². The number of benzene rings is 1. The van der Waals surface area contributed by atoms with Crippen molar-refractivity contribution in [1.29, 1.82) is 0 Å². The summed E-state index contributed by atoms with van der Waals surface area (Å²) in [5.41, 5.74) is 2.85. The maximum absolute atomic E-state index is 11.1. The standard InChI is InChI=1S/C18H15N5O2S/c1-25-16(24)5-3-13-10-23(11-21-13)9-12-2-4-15-14(8-12)22-17-18(26-15)20-7-6-19-17/h2-8,10-11H,9H2,1H3,(H,19,22)/b5-3+. The van der Waals surface area contributed by atoms with E-state index < -0.39 is 5.97 Å². The zero-order valence-electron chi connectivity index (χ0n) is 13.9. The first-order valence-electron chi connectivity index (χ1n) is 7.88. The van der Waals surface area contributed by atoms with E-state index in [1.165, 1.54) is 13.2 Å². The number of hydrogen-bond acceptors (Lipinski definition) is 7. The Hall–Kier alpha value is -3.13. The van der Waals surface area contributed by atoms with Gasteiger partial charge in [0, 0.05) is 36.1 Å². The van der Waals surface area contributed by atoms with E-state index in [0.29, 0.717) is 12.2 Å². The molecule has 2 aromatic heterocycles. The third-order valence-corrected chi connectivity index (χ3v) is 4.85. The summed E-state index contributed by atoms with van der Waals surface area (Å²) >= 11 is 1.60. The Morgan fingerprint density at radius 3 is 3.08 bits per heavy atom. The van der Waals surface area contributed by atoms with Crippen LogP contribution in [0.4, 0.5) is 11.5 Å². The number of carbonyl (C=O) groups is 1. The molecular weight excluding hydrogens is 350 g/mol. The van der Waals surface area contributed by atoms with Gasteiger partial charge >= 0.3 is 5.97 Å². The molecule has 1 aromatic carbocycles. The summed E-state index contributed by atoms with van der Waals surface area (Å²) in [4.78, 5) is 25.2. The van der Waals surface area contributed by atoms with Gasteiger partial charge in [-0.2, -0.15) is 0 Å². The molecular formula is C18H15N5O2S. The third-order valence-electron chi connectivity index (χ3n) is 3.78. The predicted molar refractivity (Wildman–Crippen MR) is 98.3 cm³/mol. The van der Waals surface area contributed by atoms with Gasteiger partial charge in [0.15, 0.2) is 5.82 Å². The molecule has 3 heterocycles. The molecule has 4 rings (SSSR count). The van der Waals surface area contributed by atoms with Crippen molar-refractivity contribution in [3.63, 3.8) is 0 Å². The largest absolute Gasteiger partial charge is 0.466 e. The summed E-state index contributed by atoms with van der Waals surface area (Å²) in [6, 6.07) is 6.26. The van der Waals surface area contributed by atoms with E-state index in [4.69, 9.17) is 0 Å². The van der Waals surface area contributed by atoms with Crippen LogP contribution in [-0.2, 0) is 16.1 Å². The summed E-state index contributed by atoms with van der Waals surface area (Å²) in [5.74, 6) is 0.376. The molecule has 0 fully saturated rings. The highest BCUT2D eigenvalue weighted by Gasteiger charge is 2.17. The minimum Gasteiger partial charge on any atom is -0.466 e. The Bertz CT molecular complexity index is 999. The summed E-state index contributed by atoms with van der Waals surface area (Å²) in [5, 5.41) is 4.21. The van der Waals surface area contributed by atoms with Crippen LogP contribution < -0.4 is 5.32 Å². The van der Waals surface area contributed by atoms with Crippen molar-refractivity contribution in [3.8, 4) is 0 Å². The number of carbonyl (C=O) groups excluding carboxylic acids is 1. The highest BCUT2D eigenvalue weighted by molar-refractivity contribution is 7.99. The summed E-state index contributed by atoms with van der Waals surface area (Å²) in [7, 11) is 1.34. The van der Waals surface area contributed by atoms with Crippen LogP contribution in [0.2, 0.25) is 0 Å². The zero-order valence-corrected chi connectivity index (χ0v) is 14.7. The molecule has 1 aliphatic heterocycles. The van der Waals surface area contributed by atoms with E-state index >= 15 is 0 Å². The number of nitrogens with one attached hydrogen (secondary N) is 1. The molecule has 1 N–H and O–H groups in total. The molecule has 0 bridgehead atoms. The van der Waals surface area contributed by atoms with Gasteiger partial charge in [0.25, 0.3) is 0 Å². The van der Waals surface area contributed by atoms with E-state index in [1.54, 1.807) is 36.6 Å². The van der Waals surface area contributed by atoms with Crippen molar-refractivity contribution in [1.82, 2.24) is 19.5 Å². The van der Waals surface area contributed by atoms with Crippen LogP contribution in [0.15, 0.2) is 59.1 Å². The van der Waals surface area contributed by atoms with E-state index in [1.807, 2.05) is 10.8 Å². The highest BCUT2D eigenvalue weighted by Crippen LogP contribution is 2.42. The number of aromatic nitrogens is 4. The minimum absolute atomic E-state index is 0.402. The van der Waals surface area contributed by atoms with Gasteiger partial charge in [-0.3, -0.25) is 0 Å². The molecule has 7 nitrogen and oxygen atoms in total. The third kappa shape index (κ3) is 3.45. The van der Waals surface area contributed by atoms with Crippen LogP contribution in [0.25, 0.3) is 6.08 Å². The fourth-order valence-corrected chi connectivity index (χ4v) is 3.44. The molecule has 0 unspecified atom stereocenters. The second-order valence-electron chi connectivity index (χ2n) is 5.60. The second-order valence-corrected chi connectivity index (χ2v) is 6.63. The fourth-order valence-electron chi connectivity index (χ4n) is 2.56. The molecule has 0 saturated carbocycles. The zero-order chi connectivity index (χ0) is 17.9. The quantitative estimate of drug-likeness (QED) is 0.439.